The van der Waals surface area contributed by atoms with Crippen LogP contribution >= 0.6 is 11.6 Å². The summed E-state index contributed by atoms with van der Waals surface area (Å²) in [7, 11) is 1.27. The molecule has 0 spiro atoms. The highest BCUT2D eigenvalue weighted by Gasteiger charge is 2.22. The van der Waals surface area contributed by atoms with Crippen molar-refractivity contribution in [1.82, 2.24) is 0 Å². The van der Waals surface area contributed by atoms with Crippen molar-refractivity contribution in [3.05, 3.63) is 34.9 Å². The number of hydrogen-bond acceptors (Lipinski definition) is 3. The van der Waals surface area contributed by atoms with E-state index in [1.807, 2.05) is 0 Å². The van der Waals surface area contributed by atoms with Crippen LogP contribution in [0, 0.1) is 5.92 Å². The fraction of sp³-hybridized carbons (Fsp3) is 0.333. The summed E-state index contributed by atoms with van der Waals surface area (Å²) in [6, 6.07) is 7.08. The Labute approximate surface area is 99.4 Å². The zero-order chi connectivity index (χ0) is 12.1. The van der Waals surface area contributed by atoms with Crippen molar-refractivity contribution >= 4 is 23.4 Å². The first-order valence-electron chi connectivity index (χ1n) is 4.90. The van der Waals surface area contributed by atoms with Gasteiger partial charge in [-0.1, -0.05) is 29.8 Å². The van der Waals surface area contributed by atoms with Crippen LogP contribution in [-0.2, 0) is 20.7 Å². The number of benzene rings is 1. The van der Waals surface area contributed by atoms with Gasteiger partial charge in [-0.25, -0.2) is 0 Å². The Hall–Kier alpha value is -1.35. The molecule has 4 heteroatoms. The monoisotopic (exact) mass is 240 g/mol. The average Bonchev–Trinajstić information content (AvgIpc) is 2.30. The molecule has 0 fully saturated rings. The number of hydrogen-bond donors (Lipinski definition) is 0. The molecule has 0 saturated heterocycles. The second-order valence-electron chi connectivity index (χ2n) is 3.48. The predicted octanol–water partition coefficient (Wildman–Crippen LogP) is 2.26. The van der Waals surface area contributed by atoms with Gasteiger partial charge >= 0.3 is 5.97 Å². The lowest BCUT2D eigenvalue weighted by molar-refractivity contribution is -0.148. The predicted molar refractivity (Wildman–Crippen MR) is 61.3 cm³/mol. The van der Waals surface area contributed by atoms with Crippen LogP contribution in [0.3, 0.4) is 0 Å². The topological polar surface area (TPSA) is 43.4 Å². The van der Waals surface area contributed by atoms with Crippen LogP contribution in [0.1, 0.15) is 12.5 Å². The number of carbonyl (C=O) groups is 2. The molecule has 0 saturated carbocycles. The van der Waals surface area contributed by atoms with Crippen molar-refractivity contribution in [2.24, 2.45) is 5.92 Å². The average molecular weight is 241 g/mol. The number of ether oxygens (including phenoxy) is 1. The number of methoxy groups -OCH3 is 1. The van der Waals surface area contributed by atoms with Crippen LogP contribution in [0.5, 0.6) is 0 Å². The largest absolute Gasteiger partial charge is 0.468 e. The van der Waals surface area contributed by atoms with Crippen molar-refractivity contribution in [2.45, 2.75) is 13.3 Å². The Balaban J connectivity index is 2.72. The number of esters is 1. The van der Waals surface area contributed by atoms with E-state index in [4.69, 9.17) is 11.6 Å². The van der Waals surface area contributed by atoms with E-state index >= 15 is 0 Å². The smallest absolute Gasteiger partial charge is 0.315 e. The van der Waals surface area contributed by atoms with Crippen molar-refractivity contribution in [3.63, 3.8) is 0 Å². The van der Waals surface area contributed by atoms with Crippen molar-refractivity contribution in [3.8, 4) is 0 Å². The van der Waals surface area contributed by atoms with Gasteiger partial charge in [-0.2, -0.15) is 0 Å². The van der Waals surface area contributed by atoms with Gasteiger partial charge < -0.3 is 4.74 Å². The number of halogens is 1. The first kappa shape index (κ1) is 12.7. The van der Waals surface area contributed by atoms with Crippen LogP contribution in [0.2, 0.25) is 5.02 Å². The Morgan fingerprint density at radius 2 is 2.00 bits per heavy atom. The second-order valence-corrected chi connectivity index (χ2v) is 3.89. The van der Waals surface area contributed by atoms with Crippen LogP contribution in [0.15, 0.2) is 24.3 Å². The molecule has 0 N–H and O–H groups in total. The lowest BCUT2D eigenvalue weighted by Crippen LogP contribution is -2.23. The van der Waals surface area contributed by atoms with Gasteiger partial charge in [0.1, 0.15) is 5.92 Å². The summed E-state index contributed by atoms with van der Waals surface area (Å²) in [6.07, 6.45) is 0.149. The molecule has 1 atom stereocenters. The third-order valence-corrected chi connectivity index (χ3v) is 2.73. The molecule has 0 aliphatic carbocycles. The third-order valence-electron chi connectivity index (χ3n) is 2.36. The molecule has 0 amide bonds. The molecule has 0 aliphatic rings. The summed E-state index contributed by atoms with van der Waals surface area (Å²) in [5.41, 5.74) is 0.727. The standard InChI is InChI=1S/C12H13ClO3/c1-8(12(15)16-2)11(14)7-9-5-3-4-6-10(9)13/h3-6,8H,7H2,1-2H3. The lowest BCUT2D eigenvalue weighted by Gasteiger charge is -2.08. The first-order valence-corrected chi connectivity index (χ1v) is 5.28. The molecule has 0 aliphatic heterocycles. The van der Waals surface area contributed by atoms with Crippen molar-refractivity contribution < 1.29 is 14.3 Å². The Kier molecular flexibility index (Phi) is 4.50. The van der Waals surface area contributed by atoms with Crippen LogP contribution < -0.4 is 0 Å². The van der Waals surface area contributed by atoms with E-state index in [9.17, 15) is 9.59 Å². The highest BCUT2D eigenvalue weighted by Crippen LogP contribution is 2.17. The van der Waals surface area contributed by atoms with E-state index in [0.717, 1.165) is 5.56 Å². The molecule has 0 bridgehead atoms. The van der Waals surface area contributed by atoms with Crippen LogP contribution in [-0.4, -0.2) is 18.9 Å². The van der Waals surface area contributed by atoms with Gasteiger partial charge in [-0.15, -0.1) is 0 Å². The summed E-state index contributed by atoms with van der Waals surface area (Å²) >= 11 is 5.92. The van der Waals surface area contributed by atoms with Crippen LogP contribution in [0.4, 0.5) is 0 Å². The molecule has 1 unspecified atom stereocenters. The summed E-state index contributed by atoms with van der Waals surface area (Å²) in [6.45, 7) is 1.53. The van der Waals surface area contributed by atoms with Gasteiger partial charge in [0.15, 0.2) is 5.78 Å². The quantitative estimate of drug-likeness (QED) is 0.599. The molecule has 3 nitrogen and oxygen atoms in total. The van der Waals surface area contributed by atoms with Gasteiger partial charge in [-0.3, -0.25) is 9.59 Å². The van der Waals surface area contributed by atoms with E-state index in [0.29, 0.717) is 5.02 Å². The van der Waals surface area contributed by atoms with E-state index in [2.05, 4.69) is 4.74 Å². The number of Topliss-reactive ketones (excluding diaryl/α,β-unsaturated/α-hetero) is 1. The van der Waals surface area contributed by atoms with E-state index in [-0.39, 0.29) is 12.2 Å². The minimum Gasteiger partial charge on any atom is -0.468 e. The Morgan fingerprint density at radius 1 is 1.38 bits per heavy atom. The molecule has 1 aromatic carbocycles. The summed E-state index contributed by atoms with van der Waals surface area (Å²) < 4.78 is 4.51. The SMILES string of the molecule is COC(=O)C(C)C(=O)Cc1ccccc1Cl. The highest BCUT2D eigenvalue weighted by molar-refractivity contribution is 6.31. The van der Waals surface area contributed by atoms with Gasteiger partial charge in [0.25, 0.3) is 0 Å². The summed E-state index contributed by atoms with van der Waals surface area (Å²) in [5.74, 6) is -1.46. The second kappa shape index (κ2) is 5.66. The van der Waals surface area contributed by atoms with Gasteiger partial charge in [-0.05, 0) is 18.6 Å². The van der Waals surface area contributed by atoms with E-state index in [1.54, 1.807) is 24.3 Å². The number of ketones is 1. The molecular formula is C12H13ClO3. The normalized spacial score (nSPS) is 11.9. The number of rotatable bonds is 4. The maximum atomic E-state index is 11.7. The summed E-state index contributed by atoms with van der Waals surface area (Å²) in [4.78, 5) is 22.9. The van der Waals surface area contributed by atoms with Gasteiger partial charge in [0.2, 0.25) is 0 Å². The molecule has 1 aromatic rings. The lowest BCUT2D eigenvalue weighted by atomic mass is 9.99. The number of carbonyl (C=O) groups excluding carboxylic acids is 2. The van der Waals surface area contributed by atoms with Crippen molar-refractivity contribution in [1.29, 1.82) is 0 Å². The van der Waals surface area contributed by atoms with Gasteiger partial charge in [0.05, 0.1) is 7.11 Å². The van der Waals surface area contributed by atoms with Crippen molar-refractivity contribution in [2.75, 3.05) is 7.11 Å². The first-order chi connectivity index (χ1) is 7.56. The van der Waals surface area contributed by atoms with E-state index in [1.165, 1.54) is 14.0 Å². The maximum absolute atomic E-state index is 11.7. The molecule has 1 rings (SSSR count). The minimum absolute atomic E-state index is 0.149. The molecule has 0 aromatic heterocycles. The maximum Gasteiger partial charge on any atom is 0.315 e. The summed E-state index contributed by atoms with van der Waals surface area (Å²) in [5, 5.41) is 0.535. The fourth-order valence-corrected chi connectivity index (χ4v) is 1.49. The molecular weight excluding hydrogens is 228 g/mol. The zero-order valence-electron chi connectivity index (χ0n) is 9.20. The third kappa shape index (κ3) is 3.07. The zero-order valence-corrected chi connectivity index (χ0v) is 9.95. The molecule has 16 heavy (non-hydrogen) atoms. The van der Waals surface area contributed by atoms with E-state index < -0.39 is 11.9 Å². The highest BCUT2D eigenvalue weighted by atomic mass is 35.5. The minimum atomic E-state index is -0.749. The molecule has 0 heterocycles. The Bertz CT molecular complexity index is 401. The Morgan fingerprint density at radius 3 is 2.56 bits per heavy atom. The molecule has 0 radical (unpaired) electrons. The van der Waals surface area contributed by atoms with Gasteiger partial charge in [0, 0.05) is 11.4 Å². The van der Waals surface area contributed by atoms with Crippen LogP contribution in [0.25, 0.3) is 0 Å². The molecule has 86 valence electrons. The fourth-order valence-electron chi connectivity index (χ4n) is 1.29.